The molecule has 2 aromatic carbocycles. The second-order valence-corrected chi connectivity index (χ2v) is 6.44. The maximum absolute atomic E-state index is 13.2. The van der Waals surface area contributed by atoms with Gasteiger partial charge in [0.05, 0.1) is 16.6 Å². The molecule has 4 nitrogen and oxygen atoms in total. The van der Waals surface area contributed by atoms with Crippen LogP contribution in [0.1, 0.15) is 40.4 Å². The van der Waals surface area contributed by atoms with E-state index >= 15 is 0 Å². The Morgan fingerprint density at radius 2 is 1.92 bits per heavy atom. The summed E-state index contributed by atoms with van der Waals surface area (Å²) in [6, 6.07) is 9.05. The van der Waals surface area contributed by atoms with Gasteiger partial charge in [-0.3, -0.25) is 4.79 Å². The van der Waals surface area contributed by atoms with Crippen LogP contribution in [0.4, 0.5) is 8.78 Å². The number of halogens is 3. The lowest BCUT2D eigenvalue weighted by Gasteiger charge is -2.26. The van der Waals surface area contributed by atoms with E-state index in [1.54, 1.807) is 0 Å². The van der Waals surface area contributed by atoms with Crippen molar-refractivity contribution in [3.63, 3.8) is 0 Å². The number of carbonyl (C=O) groups is 2. The van der Waals surface area contributed by atoms with Crippen molar-refractivity contribution >= 4 is 23.5 Å². The van der Waals surface area contributed by atoms with Gasteiger partial charge < -0.3 is 10.1 Å². The number of benzene rings is 2. The molecule has 0 unspecified atom stereocenters. The molecular formula is C19H16ClF2NO3. The van der Waals surface area contributed by atoms with Crippen molar-refractivity contribution in [2.75, 3.05) is 6.61 Å². The summed E-state index contributed by atoms with van der Waals surface area (Å²) in [5.74, 6) is -3.85. The van der Waals surface area contributed by atoms with E-state index in [9.17, 15) is 18.4 Å². The van der Waals surface area contributed by atoms with E-state index in [-0.39, 0.29) is 16.6 Å². The lowest BCUT2D eigenvalue weighted by Crippen LogP contribution is -2.34. The monoisotopic (exact) mass is 379 g/mol. The highest BCUT2D eigenvalue weighted by Crippen LogP contribution is 2.29. The molecule has 26 heavy (non-hydrogen) atoms. The molecule has 0 fully saturated rings. The van der Waals surface area contributed by atoms with Crippen LogP contribution in [0.25, 0.3) is 0 Å². The van der Waals surface area contributed by atoms with Gasteiger partial charge in [0.25, 0.3) is 5.91 Å². The quantitative estimate of drug-likeness (QED) is 0.646. The first kappa shape index (κ1) is 18.3. The molecule has 2 aromatic rings. The number of esters is 1. The smallest absolute Gasteiger partial charge is 0.340 e. The molecule has 1 aliphatic carbocycles. The van der Waals surface area contributed by atoms with Crippen LogP contribution in [0.5, 0.6) is 0 Å². The SMILES string of the molecule is O=C(COC(=O)c1cc(F)c(F)cc1Cl)N[C@@H]1CCCc2ccccc21. The molecule has 0 radical (unpaired) electrons. The summed E-state index contributed by atoms with van der Waals surface area (Å²) < 4.78 is 31.2. The Hall–Kier alpha value is -2.47. The summed E-state index contributed by atoms with van der Waals surface area (Å²) in [7, 11) is 0. The van der Waals surface area contributed by atoms with Gasteiger partial charge in [0.1, 0.15) is 0 Å². The fourth-order valence-electron chi connectivity index (χ4n) is 3.03. The number of ether oxygens (including phenoxy) is 1. The second kappa shape index (κ2) is 7.83. The Bertz CT molecular complexity index is 857. The molecule has 3 rings (SSSR count). The molecule has 1 amide bonds. The fourth-order valence-corrected chi connectivity index (χ4v) is 3.26. The molecule has 0 aromatic heterocycles. The van der Waals surface area contributed by atoms with Crippen molar-refractivity contribution in [3.8, 4) is 0 Å². The zero-order valence-electron chi connectivity index (χ0n) is 13.7. The molecule has 136 valence electrons. The predicted octanol–water partition coefficient (Wildman–Crippen LogP) is 3.97. The van der Waals surface area contributed by atoms with Crippen LogP contribution in [-0.2, 0) is 16.0 Å². The first-order chi connectivity index (χ1) is 12.5. The first-order valence-corrected chi connectivity index (χ1v) is 8.52. The number of amides is 1. The number of rotatable bonds is 4. The van der Waals surface area contributed by atoms with Crippen LogP contribution in [-0.4, -0.2) is 18.5 Å². The van der Waals surface area contributed by atoms with Gasteiger partial charge in [-0.2, -0.15) is 0 Å². The average Bonchev–Trinajstić information content (AvgIpc) is 2.63. The molecule has 0 spiro atoms. The van der Waals surface area contributed by atoms with E-state index in [2.05, 4.69) is 5.32 Å². The summed E-state index contributed by atoms with van der Waals surface area (Å²) in [6.07, 6.45) is 2.71. The molecule has 0 saturated heterocycles. The summed E-state index contributed by atoms with van der Waals surface area (Å²) in [5.41, 5.74) is 1.91. The van der Waals surface area contributed by atoms with E-state index in [4.69, 9.17) is 16.3 Å². The van der Waals surface area contributed by atoms with Gasteiger partial charge in [-0.1, -0.05) is 35.9 Å². The standard InChI is InChI=1S/C19H16ClF2NO3/c20-14-9-16(22)15(21)8-13(14)19(25)26-10-18(24)23-17-7-3-5-11-4-1-2-6-12(11)17/h1-2,4,6,8-9,17H,3,5,7,10H2,(H,23,24)/t17-/m1/s1. The third kappa shape index (κ3) is 4.02. The van der Waals surface area contributed by atoms with Gasteiger partial charge in [-0.25, -0.2) is 13.6 Å². The minimum atomic E-state index is -1.22. The van der Waals surface area contributed by atoms with E-state index in [0.717, 1.165) is 24.8 Å². The van der Waals surface area contributed by atoms with Crippen LogP contribution >= 0.6 is 11.6 Å². The number of carbonyl (C=O) groups excluding carboxylic acids is 2. The van der Waals surface area contributed by atoms with Crippen molar-refractivity contribution < 1.29 is 23.1 Å². The zero-order valence-corrected chi connectivity index (χ0v) is 14.5. The molecule has 1 aliphatic rings. The van der Waals surface area contributed by atoms with E-state index in [1.165, 1.54) is 5.56 Å². The number of fused-ring (bicyclic) bond motifs is 1. The number of aryl methyl sites for hydroxylation is 1. The molecule has 0 bridgehead atoms. The first-order valence-electron chi connectivity index (χ1n) is 8.14. The summed E-state index contributed by atoms with van der Waals surface area (Å²) >= 11 is 5.72. The zero-order chi connectivity index (χ0) is 18.7. The Kier molecular flexibility index (Phi) is 5.52. The third-order valence-electron chi connectivity index (χ3n) is 4.27. The van der Waals surface area contributed by atoms with Crippen LogP contribution in [0.2, 0.25) is 5.02 Å². The van der Waals surface area contributed by atoms with Crippen LogP contribution in [0.3, 0.4) is 0 Å². The summed E-state index contributed by atoms with van der Waals surface area (Å²) in [5, 5.41) is 2.55. The third-order valence-corrected chi connectivity index (χ3v) is 4.58. The van der Waals surface area contributed by atoms with Crippen molar-refractivity contribution in [2.24, 2.45) is 0 Å². The minimum absolute atomic E-state index is 0.141. The average molecular weight is 380 g/mol. The van der Waals surface area contributed by atoms with Gasteiger partial charge >= 0.3 is 5.97 Å². The Morgan fingerprint density at radius 3 is 2.73 bits per heavy atom. The van der Waals surface area contributed by atoms with Gasteiger partial charge in [-0.15, -0.1) is 0 Å². The van der Waals surface area contributed by atoms with E-state index < -0.39 is 30.1 Å². The molecule has 0 heterocycles. The van der Waals surface area contributed by atoms with Crippen molar-refractivity contribution in [1.82, 2.24) is 5.32 Å². The summed E-state index contributed by atoms with van der Waals surface area (Å²) in [6.45, 7) is -0.535. The lowest BCUT2D eigenvalue weighted by molar-refractivity contribution is -0.125. The summed E-state index contributed by atoms with van der Waals surface area (Å²) in [4.78, 5) is 24.1. The highest BCUT2D eigenvalue weighted by atomic mass is 35.5. The molecule has 1 atom stereocenters. The van der Waals surface area contributed by atoms with E-state index in [1.807, 2.05) is 24.3 Å². The van der Waals surface area contributed by atoms with Gasteiger partial charge in [0, 0.05) is 0 Å². The second-order valence-electron chi connectivity index (χ2n) is 6.03. The fraction of sp³-hybridized carbons (Fsp3) is 0.263. The van der Waals surface area contributed by atoms with Crippen molar-refractivity contribution in [2.45, 2.75) is 25.3 Å². The predicted molar refractivity (Wildman–Crippen MR) is 91.9 cm³/mol. The Balaban J connectivity index is 1.60. The van der Waals surface area contributed by atoms with E-state index in [0.29, 0.717) is 12.1 Å². The van der Waals surface area contributed by atoms with Crippen LogP contribution in [0.15, 0.2) is 36.4 Å². The van der Waals surface area contributed by atoms with Gasteiger partial charge in [0.2, 0.25) is 0 Å². The maximum atomic E-state index is 13.2. The Morgan fingerprint density at radius 1 is 1.19 bits per heavy atom. The molecule has 0 saturated carbocycles. The van der Waals surface area contributed by atoms with Crippen LogP contribution in [0, 0.1) is 11.6 Å². The highest BCUT2D eigenvalue weighted by Gasteiger charge is 2.22. The number of nitrogens with one attached hydrogen (secondary N) is 1. The Labute approximate surface area is 154 Å². The van der Waals surface area contributed by atoms with Gasteiger partial charge in [0.15, 0.2) is 18.2 Å². The number of hydrogen-bond acceptors (Lipinski definition) is 3. The minimum Gasteiger partial charge on any atom is -0.452 e. The molecule has 7 heteroatoms. The molecule has 1 N–H and O–H groups in total. The van der Waals surface area contributed by atoms with Crippen molar-refractivity contribution in [1.29, 1.82) is 0 Å². The van der Waals surface area contributed by atoms with Crippen LogP contribution < -0.4 is 5.32 Å². The lowest BCUT2D eigenvalue weighted by atomic mass is 9.88. The van der Waals surface area contributed by atoms with Gasteiger partial charge in [-0.05, 0) is 42.5 Å². The largest absolute Gasteiger partial charge is 0.452 e. The molecular weight excluding hydrogens is 364 g/mol. The topological polar surface area (TPSA) is 55.4 Å². The molecule has 0 aliphatic heterocycles. The highest BCUT2D eigenvalue weighted by molar-refractivity contribution is 6.33. The number of hydrogen-bond donors (Lipinski definition) is 1. The van der Waals surface area contributed by atoms with Crippen molar-refractivity contribution in [3.05, 3.63) is 69.7 Å². The normalized spacial score (nSPS) is 15.9. The maximum Gasteiger partial charge on any atom is 0.340 e.